The van der Waals surface area contributed by atoms with Gasteiger partial charge >= 0.3 is 0 Å². The summed E-state index contributed by atoms with van der Waals surface area (Å²) in [5.74, 6) is 0. The standard InChI is InChI=1S/C16H18N4S/c1-12-16(21-13(2)19-12)10-17-15-6-4-14(5-7-15)11-20-9-3-8-18-20/h3-9,17H,10-11H2,1-2H3. The molecule has 0 aliphatic heterocycles. The number of aromatic nitrogens is 3. The summed E-state index contributed by atoms with van der Waals surface area (Å²) in [5.41, 5.74) is 3.50. The molecule has 0 amide bonds. The molecule has 4 nitrogen and oxygen atoms in total. The Morgan fingerprint density at radius 2 is 2.00 bits per heavy atom. The Hall–Kier alpha value is -2.14. The van der Waals surface area contributed by atoms with Crippen LogP contribution in [-0.2, 0) is 13.1 Å². The minimum absolute atomic E-state index is 0.806. The first-order chi connectivity index (χ1) is 10.2. The van der Waals surface area contributed by atoms with Crippen molar-refractivity contribution in [1.29, 1.82) is 0 Å². The van der Waals surface area contributed by atoms with Crippen molar-refractivity contribution >= 4 is 17.0 Å². The van der Waals surface area contributed by atoms with E-state index in [9.17, 15) is 0 Å². The Labute approximate surface area is 128 Å². The third-order valence-corrected chi connectivity index (χ3v) is 4.38. The highest BCUT2D eigenvalue weighted by Crippen LogP contribution is 2.19. The molecule has 0 saturated heterocycles. The lowest BCUT2D eigenvalue weighted by Crippen LogP contribution is -2.01. The van der Waals surface area contributed by atoms with E-state index < -0.39 is 0 Å². The summed E-state index contributed by atoms with van der Waals surface area (Å²) in [5, 5.41) is 8.79. The number of nitrogens with one attached hydrogen (secondary N) is 1. The van der Waals surface area contributed by atoms with E-state index in [0.29, 0.717) is 0 Å². The van der Waals surface area contributed by atoms with Gasteiger partial charge in [-0.3, -0.25) is 4.68 Å². The number of rotatable bonds is 5. The normalized spacial score (nSPS) is 10.8. The highest BCUT2D eigenvalue weighted by atomic mass is 32.1. The molecule has 0 saturated carbocycles. The van der Waals surface area contributed by atoms with Crippen molar-refractivity contribution in [2.24, 2.45) is 0 Å². The van der Waals surface area contributed by atoms with Gasteiger partial charge in [-0.2, -0.15) is 5.10 Å². The molecule has 0 atom stereocenters. The topological polar surface area (TPSA) is 42.7 Å². The molecule has 0 aliphatic carbocycles. The molecule has 5 heteroatoms. The van der Waals surface area contributed by atoms with E-state index in [4.69, 9.17) is 0 Å². The van der Waals surface area contributed by atoms with Crippen LogP contribution in [0.4, 0.5) is 5.69 Å². The van der Waals surface area contributed by atoms with Crippen LogP contribution in [-0.4, -0.2) is 14.8 Å². The lowest BCUT2D eigenvalue weighted by molar-refractivity contribution is 0.687. The molecule has 2 aromatic heterocycles. The predicted molar refractivity (Wildman–Crippen MR) is 86.7 cm³/mol. The third-order valence-electron chi connectivity index (χ3n) is 3.31. The predicted octanol–water partition coefficient (Wildman–Crippen LogP) is 3.62. The van der Waals surface area contributed by atoms with Crippen molar-refractivity contribution < 1.29 is 0 Å². The Balaban J connectivity index is 1.60. The second-order valence-electron chi connectivity index (χ2n) is 5.00. The zero-order valence-electron chi connectivity index (χ0n) is 12.2. The fourth-order valence-corrected chi connectivity index (χ4v) is 3.11. The van der Waals surface area contributed by atoms with Crippen molar-refractivity contribution in [3.05, 3.63) is 63.9 Å². The maximum Gasteiger partial charge on any atom is 0.0900 e. The van der Waals surface area contributed by atoms with Gasteiger partial charge in [-0.1, -0.05) is 12.1 Å². The summed E-state index contributed by atoms with van der Waals surface area (Å²) < 4.78 is 1.92. The molecule has 0 spiro atoms. The molecule has 21 heavy (non-hydrogen) atoms. The minimum atomic E-state index is 0.806. The molecule has 108 valence electrons. The fraction of sp³-hybridized carbons (Fsp3) is 0.250. The smallest absolute Gasteiger partial charge is 0.0900 e. The Bertz CT molecular complexity index is 698. The first-order valence-corrected chi connectivity index (χ1v) is 7.75. The zero-order chi connectivity index (χ0) is 14.7. The van der Waals surface area contributed by atoms with Crippen LogP contribution < -0.4 is 5.32 Å². The van der Waals surface area contributed by atoms with Crippen LogP contribution in [0.3, 0.4) is 0 Å². The molecular weight excluding hydrogens is 280 g/mol. The van der Waals surface area contributed by atoms with Crippen LogP contribution in [0.25, 0.3) is 0 Å². The molecule has 3 aromatic rings. The van der Waals surface area contributed by atoms with E-state index in [1.54, 1.807) is 17.5 Å². The summed E-state index contributed by atoms with van der Waals surface area (Å²) in [6.07, 6.45) is 3.77. The Morgan fingerprint density at radius 3 is 2.62 bits per heavy atom. The van der Waals surface area contributed by atoms with Crippen LogP contribution in [0.2, 0.25) is 0 Å². The molecule has 0 unspecified atom stereocenters. The van der Waals surface area contributed by atoms with Crippen LogP contribution >= 0.6 is 11.3 Å². The number of benzene rings is 1. The SMILES string of the molecule is Cc1nc(C)c(CNc2ccc(Cn3cccn3)cc2)s1. The molecule has 0 radical (unpaired) electrons. The van der Waals surface area contributed by atoms with E-state index in [0.717, 1.165) is 29.5 Å². The third kappa shape index (κ3) is 3.49. The summed E-state index contributed by atoms with van der Waals surface area (Å²) >= 11 is 1.75. The number of hydrogen-bond donors (Lipinski definition) is 1. The zero-order valence-corrected chi connectivity index (χ0v) is 13.0. The van der Waals surface area contributed by atoms with Gasteiger partial charge < -0.3 is 5.32 Å². The molecule has 0 bridgehead atoms. The first kappa shape index (κ1) is 13.8. The van der Waals surface area contributed by atoms with E-state index >= 15 is 0 Å². The van der Waals surface area contributed by atoms with Gasteiger partial charge in [0.05, 0.1) is 23.8 Å². The maximum atomic E-state index is 4.45. The lowest BCUT2D eigenvalue weighted by Gasteiger charge is -2.07. The van der Waals surface area contributed by atoms with E-state index in [1.807, 2.05) is 23.9 Å². The van der Waals surface area contributed by atoms with Crippen LogP contribution in [0.5, 0.6) is 0 Å². The monoisotopic (exact) mass is 298 g/mol. The number of nitrogens with zero attached hydrogens (tertiary/aromatic N) is 3. The van der Waals surface area contributed by atoms with Crippen LogP contribution in [0, 0.1) is 13.8 Å². The van der Waals surface area contributed by atoms with Gasteiger partial charge in [0.15, 0.2) is 0 Å². The van der Waals surface area contributed by atoms with Crippen molar-refractivity contribution in [2.45, 2.75) is 26.9 Å². The first-order valence-electron chi connectivity index (χ1n) is 6.94. The number of anilines is 1. The number of thiazole rings is 1. The van der Waals surface area contributed by atoms with Gasteiger partial charge in [-0.15, -0.1) is 11.3 Å². The minimum Gasteiger partial charge on any atom is -0.380 e. The van der Waals surface area contributed by atoms with Crippen molar-refractivity contribution in [3.63, 3.8) is 0 Å². The molecule has 3 rings (SSSR count). The second kappa shape index (κ2) is 6.10. The largest absolute Gasteiger partial charge is 0.380 e. The van der Waals surface area contributed by atoms with Crippen LogP contribution in [0.1, 0.15) is 21.1 Å². The Morgan fingerprint density at radius 1 is 1.19 bits per heavy atom. The Kier molecular flexibility index (Phi) is 4.01. The summed E-state index contributed by atoms with van der Waals surface area (Å²) in [4.78, 5) is 5.75. The van der Waals surface area contributed by atoms with Crippen molar-refractivity contribution in [2.75, 3.05) is 5.32 Å². The summed E-state index contributed by atoms with van der Waals surface area (Å²) in [6.45, 7) is 5.75. The van der Waals surface area contributed by atoms with Crippen molar-refractivity contribution in [3.8, 4) is 0 Å². The highest BCUT2D eigenvalue weighted by Gasteiger charge is 2.04. The summed E-state index contributed by atoms with van der Waals surface area (Å²) in [6, 6.07) is 10.4. The number of hydrogen-bond acceptors (Lipinski definition) is 4. The highest BCUT2D eigenvalue weighted by molar-refractivity contribution is 7.11. The summed E-state index contributed by atoms with van der Waals surface area (Å²) in [7, 11) is 0. The molecule has 2 heterocycles. The molecule has 0 fully saturated rings. The van der Waals surface area contributed by atoms with Crippen LogP contribution in [0.15, 0.2) is 42.7 Å². The quantitative estimate of drug-likeness (QED) is 0.782. The molecule has 1 aromatic carbocycles. The van der Waals surface area contributed by atoms with Gasteiger partial charge in [-0.25, -0.2) is 4.98 Å². The van der Waals surface area contributed by atoms with E-state index in [1.165, 1.54) is 10.4 Å². The van der Waals surface area contributed by atoms with Gasteiger partial charge in [0.25, 0.3) is 0 Å². The lowest BCUT2D eigenvalue weighted by atomic mass is 10.2. The maximum absolute atomic E-state index is 4.45. The van der Waals surface area contributed by atoms with E-state index in [-0.39, 0.29) is 0 Å². The number of aryl methyl sites for hydroxylation is 2. The van der Waals surface area contributed by atoms with Gasteiger partial charge in [0.1, 0.15) is 0 Å². The molecular formula is C16H18N4S. The van der Waals surface area contributed by atoms with Gasteiger partial charge in [0, 0.05) is 23.0 Å². The fourth-order valence-electron chi connectivity index (χ4n) is 2.23. The van der Waals surface area contributed by atoms with E-state index in [2.05, 4.69) is 46.6 Å². The molecule has 0 aliphatic rings. The average molecular weight is 298 g/mol. The molecule has 1 N–H and O–H groups in total. The van der Waals surface area contributed by atoms with Gasteiger partial charge in [0.2, 0.25) is 0 Å². The van der Waals surface area contributed by atoms with Gasteiger partial charge in [-0.05, 0) is 37.6 Å². The average Bonchev–Trinajstić information content (AvgIpc) is 3.08. The van der Waals surface area contributed by atoms with Crippen molar-refractivity contribution in [1.82, 2.24) is 14.8 Å². The second-order valence-corrected chi connectivity index (χ2v) is 6.28.